The summed E-state index contributed by atoms with van der Waals surface area (Å²) < 4.78 is 5.09. The molecule has 0 saturated heterocycles. The number of aliphatic hydroxyl groups excluding tert-OH is 2. The van der Waals surface area contributed by atoms with Gasteiger partial charge in [0.25, 0.3) is 5.91 Å². The summed E-state index contributed by atoms with van der Waals surface area (Å²) in [7, 11) is 1.53. The van der Waals surface area contributed by atoms with Crippen LogP contribution in [0.25, 0.3) is 0 Å². The molecule has 172 valence electrons. The lowest BCUT2D eigenvalue weighted by Gasteiger charge is -2.42. The van der Waals surface area contributed by atoms with E-state index in [4.69, 9.17) is 22.7 Å². The summed E-state index contributed by atoms with van der Waals surface area (Å²) in [4.78, 5) is 24.8. The van der Waals surface area contributed by atoms with Gasteiger partial charge in [0.05, 0.1) is 19.3 Å². The van der Waals surface area contributed by atoms with Gasteiger partial charge in [-0.15, -0.1) is 0 Å². The Morgan fingerprint density at radius 1 is 1.29 bits per heavy atom. The number of aliphatic hydroxyl groups is 3. The number of ether oxygens (including phenoxy) is 1. The number of methoxy groups -OCH3 is 1. The van der Waals surface area contributed by atoms with E-state index in [-0.39, 0.29) is 18.0 Å². The van der Waals surface area contributed by atoms with Crippen LogP contribution in [0.2, 0.25) is 0 Å². The second-order valence-electron chi connectivity index (χ2n) is 7.59. The van der Waals surface area contributed by atoms with Crippen molar-refractivity contribution in [3.8, 4) is 5.75 Å². The van der Waals surface area contributed by atoms with Gasteiger partial charge in [0.1, 0.15) is 23.5 Å². The van der Waals surface area contributed by atoms with Gasteiger partial charge >= 0.3 is 0 Å². The molecule has 1 aliphatic carbocycles. The topological polar surface area (TPSA) is 166 Å². The number of nitrogens with two attached hydrogens (primary N) is 1. The number of benzene rings is 1. The Balaban J connectivity index is 2.11. The standard InChI is InChI=1S/C20H30N4O6S/c1-3-22-19(31)24-14-9-20(29,10-15(25)16(14)26)18(28)23-13(17(21)27)8-11-4-6-12(30-2)7-5-11/h4-7,13-16,25-26,29H,3,8-10H2,1-2H3,(H2,21,27)(H,23,28)(H2,22,24,31). The van der Waals surface area contributed by atoms with Crippen LogP contribution in [0.15, 0.2) is 24.3 Å². The second kappa shape index (κ2) is 10.7. The fraction of sp³-hybridized carbons (Fsp3) is 0.550. The Hall–Kier alpha value is -2.47. The minimum atomic E-state index is -2.04. The fourth-order valence-electron chi connectivity index (χ4n) is 3.52. The fourth-order valence-corrected chi connectivity index (χ4v) is 3.81. The lowest BCUT2D eigenvalue weighted by atomic mass is 9.77. The second-order valence-corrected chi connectivity index (χ2v) is 8.00. The van der Waals surface area contributed by atoms with E-state index in [2.05, 4.69) is 16.0 Å². The normalized spacial score (nSPS) is 26.4. The van der Waals surface area contributed by atoms with Gasteiger partial charge in [0.2, 0.25) is 5.91 Å². The van der Waals surface area contributed by atoms with Crippen molar-refractivity contribution in [3.63, 3.8) is 0 Å². The van der Waals surface area contributed by atoms with Gasteiger partial charge in [-0.2, -0.15) is 0 Å². The van der Waals surface area contributed by atoms with E-state index >= 15 is 0 Å². The van der Waals surface area contributed by atoms with Crippen molar-refractivity contribution < 1.29 is 29.6 Å². The molecule has 0 aromatic heterocycles. The van der Waals surface area contributed by atoms with Gasteiger partial charge in [-0.3, -0.25) is 9.59 Å². The minimum absolute atomic E-state index is 0.110. The number of nitrogens with one attached hydrogen (secondary N) is 3. The predicted octanol–water partition coefficient (Wildman–Crippen LogP) is -1.69. The van der Waals surface area contributed by atoms with E-state index < -0.39 is 48.1 Å². The molecule has 1 aromatic carbocycles. The van der Waals surface area contributed by atoms with Crippen molar-refractivity contribution >= 4 is 29.1 Å². The van der Waals surface area contributed by atoms with Gasteiger partial charge in [-0.05, 0) is 36.8 Å². The molecule has 1 fully saturated rings. The summed E-state index contributed by atoms with van der Waals surface area (Å²) >= 11 is 5.09. The maximum absolute atomic E-state index is 12.9. The molecule has 1 aliphatic rings. The number of thiocarbonyl (C=S) groups is 1. The quantitative estimate of drug-likeness (QED) is 0.227. The minimum Gasteiger partial charge on any atom is -0.497 e. The van der Waals surface area contributed by atoms with Crippen LogP contribution in [-0.4, -0.2) is 75.8 Å². The Bertz CT molecular complexity index is 792. The van der Waals surface area contributed by atoms with Crippen LogP contribution in [0.4, 0.5) is 0 Å². The first-order valence-corrected chi connectivity index (χ1v) is 10.4. The first-order chi connectivity index (χ1) is 14.6. The van der Waals surface area contributed by atoms with Crippen LogP contribution < -0.4 is 26.4 Å². The van der Waals surface area contributed by atoms with Crippen LogP contribution in [0.5, 0.6) is 5.75 Å². The average Bonchev–Trinajstić information content (AvgIpc) is 2.71. The van der Waals surface area contributed by atoms with Crippen LogP contribution in [-0.2, 0) is 16.0 Å². The van der Waals surface area contributed by atoms with Gasteiger partial charge in [-0.25, -0.2) is 0 Å². The van der Waals surface area contributed by atoms with E-state index in [0.29, 0.717) is 12.3 Å². The summed E-state index contributed by atoms with van der Waals surface area (Å²) in [5.74, 6) is -0.995. The molecular formula is C20H30N4O6S. The highest BCUT2D eigenvalue weighted by Crippen LogP contribution is 2.30. The van der Waals surface area contributed by atoms with Crippen molar-refractivity contribution in [2.45, 2.75) is 56.1 Å². The molecule has 2 amide bonds. The molecule has 1 saturated carbocycles. The number of carbonyl (C=O) groups excluding carboxylic acids is 2. The summed E-state index contributed by atoms with van der Waals surface area (Å²) in [5, 5.41) is 39.7. The molecule has 10 nitrogen and oxygen atoms in total. The van der Waals surface area contributed by atoms with Crippen molar-refractivity contribution in [2.24, 2.45) is 5.73 Å². The third-order valence-corrected chi connectivity index (χ3v) is 5.50. The van der Waals surface area contributed by atoms with Crippen molar-refractivity contribution in [2.75, 3.05) is 13.7 Å². The molecule has 0 radical (unpaired) electrons. The Morgan fingerprint density at radius 2 is 1.94 bits per heavy atom. The highest BCUT2D eigenvalue weighted by Gasteiger charge is 2.49. The van der Waals surface area contributed by atoms with Gasteiger partial charge < -0.3 is 41.7 Å². The number of amides is 2. The van der Waals surface area contributed by atoms with Crippen LogP contribution in [0.1, 0.15) is 25.3 Å². The van der Waals surface area contributed by atoms with Crippen LogP contribution >= 0.6 is 12.2 Å². The lowest BCUT2D eigenvalue weighted by Crippen LogP contribution is -2.65. The summed E-state index contributed by atoms with van der Waals surface area (Å²) in [6, 6.07) is 4.94. The first kappa shape index (κ1) is 24.8. The maximum atomic E-state index is 12.9. The number of carbonyl (C=O) groups is 2. The molecule has 0 aliphatic heterocycles. The van der Waals surface area contributed by atoms with E-state index in [0.717, 1.165) is 5.56 Å². The SMILES string of the molecule is CCNC(=S)NC1CC(O)(C(=O)NC(Cc2ccc(OC)cc2)C(N)=O)CC(O)C1O. The third-order valence-electron chi connectivity index (χ3n) is 5.24. The Kier molecular flexibility index (Phi) is 8.57. The zero-order chi connectivity index (χ0) is 23.2. The van der Waals surface area contributed by atoms with Crippen molar-refractivity contribution in [1.82, 2.24) is 16.0 Å². The summed E-state index contributed by atoms with van der Waals surface area (Å²) in [5.41, 5.74) is 4.14. The molecule has 0 spiro atoms. The molecule has 11 heteroatoms. The zero-order valence-corrected chi connectivity index (χ0v) is 18.3. The van der Waals surface area contributed by atoms with E-state index in [1.54, 1.807) is 24.3 Å². The molecule has 5 atom stereocenters. The van der Waals surface area contributed by atoms with Crippen molar-refractivity contribution in [3.05, 3.63) is 29.8 Å². The third kappa shape index (κ3) is 6.50. The number of primary amides is 1. The molecular weight excluding hydrogens is 424 g/mol. The highest BCUT2D eigenvalue weighted by atomic mass is 32.1. The molecule has 5 unspecified atom stereocenters. The predicted molar refractivity (Wildman–Crippen MR) is 117 cm³/mol. The number of rotatable bonds is 8. The first-order valence-electron chi connectivity index (χ1n) is 9.95. The van der Waals surface area contributed by atoms with E-state index in [1.807, 2.05) is 6.92 Å². The Labute approximate surface area is 186 Å². The highest BCUT2D eigenvalue weighted by molar-refractivity contribution is 7.80. The summed E-state index contributed by atoms with van der Waals surface area (Å²) in [6.45, 7) is 2.37. The average molecular weight is 455 g/mol. The monoisotopic (exact) mass is 454 g/mol. The zero-order valence-electron chi connectivity index (χ0n) is 17.5. The van der Waals surface area contributed by atoms with Gasteiger partial charge in [0, 0.05) is 25.8 Å². The largest absolute Gasteiger partial charge is 0.497 e. The molecule has 0 bridgehead atoms. The lowest BCUT2D eigenvalue weighted by molar-refractivity contribution is -0.158. The van der Waals surface area contributed by atoms with E-state index in [1.165, 1.54) is 7.11 Å². The van der Waals surface area contributed by atoms with Gasteiger partial charge in [0.15, 0.2) is 5.11 Å². The van der Waals surface area contributed by atoms with E-state index in [9.17, 15) is 24.9 Å². The molecule has 1 aromatic rings. The van der Waals surface area contributed by atoms with Crippen LogP contribution in [0, 0.1) is 0 Å². The Morgan fingerprint density at radius 3 is 2.48 bits per heavy atom. The number of hydrogen-bond donors (Lipinski definition) is 7. The molecule has 31 heavy (non-hydrogen) atoms. The molecule has 0 heterocycles. The molecule has 2 rings (SSSR count). The van der Waals surface area contributed by atoms with Gasteiger partial charge in [-0.1, -0.05) is 12.1 Å². The van der Waals surface area contributed by atoms with Crippen molar-refractivity contribution in [1.29, 1.82) is 0 Å². The number of hydrogen-bond acceptors (Lipinski definition) is 7. The van der Waals surface area contributed by atoms with Crippen LogP contribution in [0.3, 0.4) is 0 Å². The maximum Gasteiger partial charge on any atom is 0.252 e. The summed E-state index contributed by atoms with van der Waals surface area (Å²) in [6.07, 6.45) is -3.13. The molecule has 8 N–H and O–H groups in total. The smallest absolute Gasteiger partial charge is 0.252 e.